The fourth-order valence-corrected chi connectivity index (χ4v) is 2.37. The van der Waals surface area contributed by atoms with Crippen LogP contribution in [0.4, 0.5) is 0 Å². The molecule has 0 aliphatic carbocycles. The molecular formula is C21H23NO6. The second kappa shape index (κ2) is 9.03. The Bertz CT molecular complexity index is 841. The van der Waals surface area contributed by atoms with Crippen molar-refractivity contribution in [3.63, 3.8) is 0 Å². The van der Waals surface area contributed by atoms with E-state index in [0.717, 1.165) is 0 Å². The third kappa shape index (κ3) is 6.42. The molecule has 0 unspecified atom stereocenters. The van der Waals surface area contributed by atoms with E-state index in [-0.39, 0.29) is 11.3 Å². The lowest BCUT2D eigenvalue weighted by Gasteiger charge is -2.25. The first-order valence-electron chi connectivity index (χ1n) is 8.69. The fourth-order valence-electron chi connectivity index (χ4n) is 2.37. The lowest BCUT2D eigenvalue weighted by atomic mass is 10.1. The molecule has 1 amide bonds. The van der Waals surface area contributed by atoms with Crippen LogP contribution in [-0.4, -0.2) is 35.2 Å². The number of benzene rings is 2. The molecule has 2 N–H and O–H groups in total. The largest absolute Gasteiger partial charge is 0.482 e. The van der Waals surface area contributed by atoms with Gasteiger partial charge in [0.1, 0.15) is 11.4 Å². The fraction of sp³-hybridized carbons (Fsp3) is 0.286. The predicted molar refractivity (Wildman–Crippen MR) is 102 cm³/mol. The van der Waals surface area contributed by atoms with E-state index in [4.69, 9.17) is 14.6 Å². The summed E-state index contributed by atoms with van der Waals surface area (Å²) in [5.74, 6) is -1.97. The predicted octanol–water partition coefficient (Wildman–Crippen LogP) is 2.96. The number of aliphatic carboxylic acids is 1. The van der Waals surface area contributed by atoms with Gasteiger partial charge in [0.2, 0.25) is 0 Å². The number of nitrogens with one attached hydrogen (secondary N) is 1. The Hall–Kier alpha value is -3.35. The Balaban J connectivity index is 2.21. The van der Waals surface area contributed by atoms with E-state index in [2.05, 4.69) is 5.32 Å². The van der Waals surface area contributed by atoms with Crippen LogP contribution in [0.15, 0.2) is 54.6 Å². The Labute approximate surface area is 163 Å². The first kappa shape index (κ1) is 21.0. The highest BCUT2D eigenvalue weighted by atomic mass is 16.6. The van der Waals surface area contributed by atoms with Gasteiger partial charge >= 0.3 is 11.9 Å². The molecule has 0 aliphatic heterocycles. The number of carbonyl (C=O) groups excluding carboxylic acids is 2. The average Bonchev–Trinajstić information content (AvgIpc) is 2.63. The maximum Gasteiger partial charge on any atom is 0.341 e. The van der Waals surface area contributed by atoms with Gasteiger partial charge in [-0.15, -0.1) is 0 Å². The van der Waals surface area contributed by atoms with Gasteiger partial charge in [-0.05, 0) is 44.5 Å². The number of ether oxygens (including phenoxy) is 2. The molecule has 1 atom stereocenters. The van der Waals surface area contributed by atoms with Crippen molar-refractivity contribution in [2.45, 2.75) is 32.4 Å². The highest BCUT2D eigenvalue weighted by Gasteiger charge is 2.28. The summed E-state index contributed by atoms with van der Waals surface area (Å²) >= 11 is 0. The van der Waals surface area contributed by atoms with Gasteiger partial charge in [-0.3, -0.25) is 4.79 Å². The van der Waals surface area contributed by atoms with E-state index in [0.29, 0.717) is 5.56 Å². The van der Waals surface area contributed by atoms with Crippen LogP contribution in [0, 0.1) is 0 Å². The summed E-state index contributed by atoms with van der Waals surface area (Å²) in [5, 5.41) is 11.4. The van der Waals surface area contributed by atoms with Crippen molar-refractivity contribution in [1.29, 1.82) is 0 Å². The van der Waals surface area contributed by atoms with E-state index in [9.17, 15) is 14.4 Å². The van der Waals surface area contributed by atoms with Crippen LogP contribution in [0.1, 0.15) is 42.7 Å². The maximum absolute atomic E-state index is 12.7. The zero-order chi connectivity index (χ0) is 20.7. The van der Waals surface area contributed by atoms with Gasteiger partial charge in [0, 0.05) is 5.56 Å². The van der Waals surface area contributed by atoms with E-state index < -0.39 is 36.1 Å². The molecule has 2 aromatic carbocycles. The van der Waals surface area contributed by atoms with Gasteiger partial charge in [0.15, 0.2) is 12.6 Å². The Kier molecular flexibility index (Phi) is 6.76. The molecule has 7 heteroatoms. The van der Waals surface area contributed by atoms with Crippen molar-refractivity contribution in [1.82, 2.24) is 5.32 Å². The number of carboxylic acids is 1. The summed E-state index contributed by atoms with van der Waals surface area (Å²) in [4.78, 5) is 36.0. The van der Waals surface area contributed by atoms with E-state index in [1.165, 1.54) is 6.07 Å². The second-order valence-corrected chi connectivity index (χ2v) is 7.06. The zero-order valence-electron chi connectivity index (χ0n) is 16.0. The molecule has 0 radical (unpaired) electrons. The standard InChI is InChI=1S/C21H23NO6/c1-21(2,3)28-20(26)18(14-8-5-4-6-9-14)22-19(25)15-10-7-11-16(12-15)27-13-17(23)24/h4-12,18H,13H2,1-3H3,(H,22,25)(H,23,24)/t18-/m0/s1. The molecule has 0 aromatic heterocycles. The second-order valence-electron chi connectivity index (χ2n) is 7.06. The number of hydrogen-bond donors (Lipinski definition) is 2. The maximum atomic E-state index is 12.7. The van der Waals surface area contributed by atoms with Crippen molar-refractivity contribution in [2.75, 3.05) is 6.61 Å². The van der Waals surface area contributed by atoms with Gasteiger partial charge < -0.3 is 19.9 Å². The summed E-state index contributed by atoms with van der Waals surface area (Å²) in [6, 6.07) is 13.9. The normalized spacial score (nSPS) is 12.0. The molecule has 28 heavy (non-hydrogen) atoms. The molecule has 0 saturated heterocycles. The van der Waals surface area contributed by atoms with Crippen LogP contribution in [0.25, 0.3) is 0 Å². The van der Waals surface area contributed by atoms with Crippen LogP contribution < -0.4 is 10.1 Å². The van der Waals surface area contributed by atoms with Crippen LogP contribution in [0.2, 0.25) is 0 Å². The number of rotatable bonds is 7. The van der Waals surface area contributed by atoms with Gasteiger partial charge in [0.05, 0.1) is 0 Å². The van der Waals surface area contributed by atoms with Gasteiger partial charge in [-0.1, -0.05) is 36.4 Å². The summed E-state index contributed by atoms with van der Waals surface area (Å²) in [6.07, 6.45) is 0. The first-order valence-corrected chi connectivity index (χ1v) is 8.69. The van der Waals surface area contributed by atoms with E-state index in [1.54, 1.807) is 69.3 Å². The minimum atomic E-state index is -1.12. The minimum Gasteiger partial charge on any atom is -0.482 e. The number of esters is 1. The average molecular weight is 385 g/mol. The Morgan fingerprint density at radius 1 is 1.04 bits per heavy atom. The molecule has 0 saturated carbocycles. The Morgan fingerprint density at radius 3 is 2.32 bits per heavy atom. The van der Waals surface area contributed by atoms with Crippen LogP contribution in [0.3, 0.4) is 0 Å². The van der Waals surface area contributed by atoms with E-state index in [1.807, 2.05) is 0 Å². The third-order valence-corrected chi connectivity index (χ3v) is 3.51. The third-order valence-electron chi connectivity index (χ3n) is 3.51. The summed E-state index contributed by atoms with van der Waals surface area (Å²) < 4.78 is 10.5. The molecule has 2 rings (SSSR count). The smallest absolute Gasteiger partial charge is 0.341 e. The number of carbonyl (C=O) groups is 3. The van der Waals surface area contributed by atoms with Crippen LogP contribution in [0.5, 0.6) is 5.75 Å². The van der Waals surface area contributed by atoms with E-state index >= 15 is 0 Å². The van der Waals surface area contributed by atoms with Crippen molar-refractivity contribution in [3.05, 3.63) is 65.7 Å². The molecular weight excluding hydrogens is 362 g/mol. The summed E-state index contributed by atoms with van der Waals surface area (Å²) in [7, 11) is 0. The highest BCUT2D eigenvalue weighted by molar-refractivity contribution is 5.97. The topological polar surface area (TPSA) is 102 Å². The molecule has 2 aromatic rings. The Morgan fingerprint density at radius 2 is 1.71 bits per heavy atom. The molecule has 0 fully saturated rings. The molecule has 0 heterocycles. The van der Waals surface area contributed by atoms with Gasteiger partial charge in [0.25, 0.3) is 5.91 Å². The monoisotopic (exact) mass is 385 g/mol. The molecule has 0 bridgehead atoms. The van der Waals surface area contributed by atoms with Gasteiger partial charge in [-0.25, -0.2) is 9.59 Å². The quantitative estimate of drug-likeness (QED) is 0.711. The van der Waals surface area contributed by atoms with Crippen molar-refractivity contribution >= 4 is 17.8 Å². The zero-order valence-corrected chi connectivity index (χ0v) is 16.0. The lowest BCUT2D eigenvalue weighted by Crippen LogP contribution is -2.38. The van der Waals surface area contributed by atoms with Crippen LogP contribution >= 0.6 is 0 Å². The molecule has 148 valence electrons. The minimum absolute atomic E-state index is 0.229. The lowest BCUT2D eigenvalue weighted by molar-refractivity contribution is -0.157. The molecule has 0 spiro atoms. The van der Waals surface area contributed by atoms with Crippen molar-refractivity contribution in [3.8, 4) is 5.75 Å². The van der Waals surface area contributed by atoms with Crippen molar-refractivity contribution < 1.29 is 29.0 Å². The molecule has 7 nitrogen and oxygen atoms in total. The van der Waals surface area contributed by atoms with Crippen LogP contribution in [-0.2, 0) is 14.3 Å². The number of hydrogen-bond acceptors (Lipinski definition) is 5. The van der Waals surface area contributed by atoms with Gasteiger partial charge in [-0.2, -0.15) is 0 Å². The number of carboxylic acid groups (broad SMARTS) is 1. The summed E-state index contributed by atoms with van der Waals surface area (Å²) in [5.41, 5.74) is 0.107. The highest BCUT2D eigenvalue weighted by Crippen LogP contribution is 2.20. The number of amides is 1. The molecule has 0 aliphatic rings. The first-order chi connectivity index (χ1) is 13.2. The SMILES string of the molecule is CC(C)(C)OC(=O)[C@@H](NC(=O)c1cccc(OCC(=O)O)c1)c1ccccc1. The summed E-state index contributed by atoms with van der Waals surface area (Å²) in [6.45, 7) is 4.73. The van der Waals surface area contributed by atoms with Crippen molar-refractivity contribution in [2.24, 2.45) is 0 Å².